The SMILES string of the molecule is FC(F)(F)c1ncccc1C1CCCCN1. The quantitative estimate of drug-likeness (QED) is 0.802. The first-order valence-corrected chi connectivity index (χ1v) is 5.34. The molecule has 0 aliphatic carbocycles. The van der Waals surface area contributed by atoms with E-state index in [0.717, 1.165) is 25.8 Å². The van der Waals surface area contributed by atoms with Crippen molar-refractivity contribution >= 4 is 0 Å². The lowest BCUT2D eigenvalue weighted by molar-refractivity contribution is -0.142. The third kappa shape index (κ3) is 2.35. The van der Waals surface area contributed by atoms with E-state index in [4.69, 9.17) is 0 Å². The lowest BCUT2D eigenvalue weighted by atomic mass is 9.96. The molecule has 1 unspecified atom stereocenters. The molecule has 1 aromatic rings. The number of nitrogens with zero attached hydrogens (tertiary/aromatic N) is 1. The van der Waals surface area contributed by atoms with E-state index in [1.807, 2.05) is 0 Å². The Kier molecular flexibility index (Phi) is 3.14. The lowest BCUT2D eigenvalue weighted by Gasteiger charge is -2.25. The number of rotatable bonds is 1. The van der Waals surface area contributed by atoms with Gasteiger partial charge >= 0.3 is 6.18 Å². The highest BCUT2D eigenvalue weighted by Crippen LogP contribution is 2.34. The molecule has 5 heteroatoms. The average Bonchev–Trinajstić information content (AvgIpc) is 2.29. The summed E-state index contributed by atoms with van der Waals surface area (Å²) in [7, 11) is 0. The molecule has 1 aliphatic heterocycles. The van der Waals surface area contributed by atoms with E-state index in [1.165, 1.54) is 12.3 Å². The fourth-order valence-corrected chi connectivity index (χ4v) is 2.05. The monoisotopic (exact) mass is 230 g/mol. The highest BCUT2D eigenvalue weighted by molar-refractivity contribution is 5.26. The zero-order valence-corrected chi connectivity index (χ0v) is 8.72. The Morgan fingerprint density at radius 2 is 2.12 bits per heavy atom. The fraction of sp³-hybridized carbons (Fsp3) is 0.545. The first-order valence-electron chi connectivity index (χ1n) is 5.34. The molecule has 2 nitrogen and oxygen atoms in total. The van der Waals surface area contributed by atoms with Gasteiger partial charge in [-0.1, -0.05) is 12.5 Å². The van der Waals surface area contributed by atoms with Gasteiger partial charge < -0.3 is 5.32 Å². The zero-order valence-electron chi connectivity index (χ0n) is 8.72. The van der Waals surface area contributed by atoms with Crippen LogP contribution < -0.4 is 5.32 Å². The molecule has 1 aromatic heterocycles. The fourth-order valence-electron chi connectivity index (χ4n) is 2.05. The molecule has 0 aromatic carbocycles. The topological polar surface area (TPSA) is 24.9 Å². The molecule has 16 heavy (non-hydrogen) atoms. The van der Waals surface area contributed by atoms with Gasteiger partial charge in [0.2, 0.25) is 0 Å². The van der Waals surface area contributed by atoms with Gasteiger partial charge in [0.05, 0.1) is 0 Å². The third-order valence-electron chi connectivity index (χ3n) is 2.79. The van der Waals surface area contributed by atoms with Crippen molar-refractivity contribution in [2.24, 2.45) is 0 Å². The zero-order chi connectivity index (χ0) is 11.6. The Bertz CT molecular complexity index is 356. The van der Waals surface area contributed by atoms with Crippen LogP contribution in [0.5, 0.6) is 0 Å². The summed E-state index contributed by atoms with van der Waals surface area (Å²) >= 11 is 0. The molecule has 0 saturated carbocycles. The molecular weight excluding hydrogens is 217 g/mol. The van der Waals surface area contributed by atoms with Crippen molar-refractivity contribution in [3.63, 3.8) is 0 Å². The second kappa shape index (κ2) is 4.41. The van der Waals surface area contributed by atoms with E-state index in [0.29, 0.717) is 0 Å². The molecule has 0 radical (unpaired) electrons. The summed E-state index contributed by atoms with van der Waals surface area (Å²) in [6, 6.07) is 2.86. The van der Waals surface area contributed by atoms with Crippen molar-refractivity contribution in [1.82, 2.24) is 10.3 Å². The predicted molar refractivity (Wildman–Crippen MR) is 53.8 cm³/mol. The smallest absolute Gasteiger partial charge is 0.310 e. The van der Waals surface area contributed by atoms with Crippen LogP contribution >= 0.6 is 0 Å². The molecule has 1 saturated heterocycles. The Morgan fingerprint density at radius 3 is 2.75 bits per heavy atom. The van der Waals surface area contributed by atoms with Crippen molar-refractivity contribution in [2.45, 2.75) is 31.5 Å². The molecule has 0 spiro atoms. The standard InChI is InChI=1S/C11H13F3N2/c12-11(13,14)10-8(4-3-7-16-10)9-5-1-2-6-15-9/h3-4,7,9,15H,1-2,5-6H2. The molecule has 0 bridgehead atoms. The highest BCUT2D eigenvalue weighted by atomic mass is 19.4. The largest absolute Gasteiger partial charge is 0.433 e. The second-order valence-corrected chi connectivity index (χ2v) is 3.94. The minimum Gasteiger partial charge on any atom is -0.310 e. The van der Waals surface area contributed by atoms with E-state index < -0.39 is 11.9 Å². The van der Waals surface area contributed by atoms with Crippen LogP contribution in [0.1, 0.15) is 36.6 Å². The van der Waals surface area contributed by atoms with Crippen molar-refractivity contribution in [1.29, 1.82) is 0 Å². The van der Waals surface area contributed by atoms with Gasteiger partial charge in [-0.2, -0.15) is 13.2 Å². The maximum Gasteiger partial charge on any atom is 0.433 e. The van der Waals surface area contributed by atoms with Gasteiger partial charge in [0.1, 0.15) is 5.69 Å². The number of hydrogen-bond acceptors (Lipinski definition) is 2. The van der Waals surface area contributed by atoms with Crippen molar-refractivity contribution in [3.8, 4) is 0 Å². The number of alkyl halides is 3. The van der Waals surface area contributed by atoms with E-state index >= 15 is 0 Å². The van der Waals surface area contributed by atoms with Crippen LogP contribution in [0, 0.1) is 0 Å². The van der Waals surface area contributed by atoms with Crippen LogP contribution in [0.3, 0.4) is 0 Å². The molecule has 1 atom stereocenters. The normalized spacial score (nSPS) is 22.1. The van der Waals surface area contributed by atoms with Crippen molar-refractivity contribution in [3.05, 3.63) is 29.6 Å². The molecule has 0 amide bonds. The summed E-state index contributed by atoms with van der Waals surface area (Å²) in [6.07, 6.45) is -0.443. The van der Waals surface area contributed by atoms with E-state index in [-0.39, 0.29) is 11.6 Å². The van der Waals surface area contributed by atoms with Gasteiger partial charge in [-0.05, 0) is 31.0 Å². The Labute approximate surface area is 91.9 Å². The molecule has 2 rings (SSSR count). The summed E-state index contributed by atoms with van der Waals surface area (Å²) in [6.45, 7) is 0.775. The third-order valence-corrected chi connectivity index (χ3v) is 2.79. The number of hydrogen-bond donors (Lipinski definition) is 1. The second-order valence-electron chi connectivity index (χ2n) is 3.94. The van der Waals surface area contributed by atoms with E-state index in [9.17, 15) is 13.2 Å². The van der Waals surface area contributed by atoms with Gasteiger partial charge in [-0.15, -0.1) is 0 Å². The van der Waals surface area contributed by atoms with E-state index in [2.05, 4.69) is 10.3 Å². The molecule has 1 N–H and O–H groups in total. The minimum absolute atomic E-state index is 0.209. The van der Waals surface area contributed by atoms with Gasteiger partial charge in [-0.25, -0.2) is 0 Å². The maximum absolute atomic E-state index is 12.7. The van der Waals surface area contributed by atoms with Crippen LogP contribution in [-0.2, 0) is 6.18 Å². The van der Waals surface area contributed by atoms with Gasteiger partial charge in [-0.3, -0.25) is 4.98 Å². The van der Waals surface area contributed by atoms with Crippen LogP contribution in [0.4, 0.5) is 13.2 Å². The Balaban J connectivity index is 2.32. The summed E-state index contributed by atoms with van der Waals surface area (Å²) in [4.78, 5) is 3.46. The first kappa shape index (κ1) is 11.4. The van der Waals surface area contributed by atoms with Gasteiger partial charge in [0, 0.05) is 12.2 Å². The maximum atomic E-state index is 12.7. The average molecular weight is 230 g/mol. The van der Waals surface area contributed by atoms with Crippen LogP contribution in [0.2, 0.25) is 0 Å². The number of halogens is 3. The number of piperidine rings is 1. The molecule has 2 heterocycles. The summed E-state index contributed by atoms with van der Waals surface area (Å²) in [5.74, 6) is 0. The molecule has 1 fully saturated rings. The Morgan fingerprint density at radius 1 is 1.31 bits per heavy atom. The van der Waals surface area contributed by atoms with Gasteiger partial charge in [0.15, 0.2) is 0 Å². The highest BCUT2D eigenvalue weighted by Gasteiger charge is 2.37. The van der Waals surface area contributed by atoms with Crippen LogP contribution in [-0.4, -0.2) is 11.5 Å². The van der Waals surface area contributed by atoms with Crippen LogP contribution in [0.15, 0.2) is 18.3 Å². The van der Waals surface area contributed by atoms with Crippen LogP contribution in [0.25, 0.3) is 0 Å². The van der Waals surface area contributed by atoms with Crippen molar-refractivity contribution in [2.75, 3.05) is 6.54 Å². The molecular formula is C11H13F3N2. The minimum atomic E-state index is -4.37. The number of nitrogens with one attached hydrogen (secondary N) is 1. The number of aromatic nitrogens is 1. The van der Waals surface area contributed by atoms with E-state index in [1.54, 1.807) is 6.07 Å². The van der Waals surface area contributed by atoms with Gasteiger partial charge in [0.25, 0.3) is 0 Å². The number of pyridine rings is 1. The summed E-state index contributed by atoms with van der Waals surface area (Å²) < 4.78 is 38.1. The predicted octanol–water partition coefficient (Wildman–Crippen LogP) is 2.92. The van der Waals surface area contributed by atoms with Crippen molar-refractivity contribution < 1.29 is 13.2 Å². The molecule has 88 valence electrons. The lowest BCUT2D eigenvalue weighted by Crippen LogP contribution is -2.29. The summed E-state index contributed by atoms with van der Waals surface area (Å²) in [5, 5.41) is 3.11. The first-order chi connectivity index (χ1) is 7.59. The molecule has 1 aliphatic rings. The summed E-state index contributed by atoms with van der Waals surface area (Å²) in [5.41, 5.74) is -0.482. The Hall–Kier alpha value is -1.10.